The lowest BCUT2D eigenvalue weighted by Gasteiger charge is -2.09. The summed E-state index contributed by atoms with van der Waals surface area (Å²) in [6, 6.07) is 14.1. The van der Waals surface area contributed by atoms with Gasteiger partial charge in [0.1, 0.15) is 16.7 Å². The molecule has 0 unspecified atom stereocenters. The second-order valence-electron chi connectivity index (χ2n) is 6.44. The summed E-state index contributed by atoms with van der Waals surface area (Å²) in [7, 11) is 0. The number of rotatable bonds is 5. The van der Waals surface area contributed by atoms with Crippen molar-refractivity contribution in [1.29, 1.82) is 0 Å². The molecule has 136 valence electrons. The molecular formula is C20H23BrN3O2+. The van der Waals surface area contributed by atoms with Crippen LogP contribution in [0, 0.1) is 0 Å². The average Bonchev–Trinajstić information content (AvgIpc) is 2.87. The number of nitrogens with zero attached hydrogens (tertiary/aromatic N) is 2. The van der Waals surface area contributed by atoms with Gasteiger partial charge in [0.15, 0.2) is 6.54 Å². The summed E-state index contributed by atoms with van der Waals surface area (Å²) in [6.07, 6.45) is 0. The molecule has 1 heterocycles. The fraction of sp³-hybridized carbons (Fsp3) is 0.300. The van der Waals surface area contributed by atoms with E-state index in [1.165, 1.54) is 5.56 Å². The first kappa shape index (κ1) is 18.5. The van der Waals surface area contributed by atoms with Crippen LogP contribution in [-0.2, 0) is 16.1 Å². The molecule has 0 radical (unpaired) electrons. The zero-order valence-electron chi connectivity index (χ0n) is 15.2. The standard InChI is InChI=1S/C20H22BrN3O2/c1-4-26-19(25)12-23-17-7-5-6-8-18(17)24(20(23)22)16-10-9-14(13(2)3)11-15(16)21/h5-11,13,22H,4,12H2,1-3H3/p+1. The first-order valence-electron chi connectivity index (χ1n) is 8.68. The molecule has 0 saturated heterocycles. The van der Waals surface area contributed by atoms with Crippen LogP contribution < -0.4 is 10.3 Å². The van der Waals surface area contributed by atoms with Gasteiger partial charge in [-0.25, -0.2) is 9.36 Å². The Morgan fingerprint density at radius 3 is 2.65 bits per heavy atom. The Labute approximate surface area is 161 Å². The van der Waals surface area contributed by atoms with Crippen LogP contribution in [-0.4, -0.2) is 17.1 Å². The van der Waals surface area contributed by atoms with E-state index in [9.17, 15) is 4.79 Å². The minimum atomic E-state index is -0.304. The number of hydrogen-bond acceptors (Lipinski definition) is 3. The molecule has 0 fully saturated rings. The highest BCUT2D eigenvalue weighted by Gasteiger charge is 2.25. The third kappa shape index (κ3) is 3.33. The third-order valence-electron chi connectivity index (χ3n) is 4.39. The van der Waals surface area contributed by atoms with Gasteiger partial charge in [-0.05, 0) is 58.6 Å². The van der Waals surface area contributed by atoms with Crippen molar-refractivity contribution < 1.29 is 14.1 Å². The second kappa shape index (κ2) is 7.50. The number of carbonyl (C=O) groups is 1. The molecule has 2 N–H and O–H groups in total. The minimum Gasteiger partial charge on any atom is -0.464 e. The summed E-state index contributed by atoms with van der Waals surface area (Å²) in [5, 5.41) is 0. The molecule has 3 aromatic rings. The van der Waals surface area contributed by atoms with Crippen molar-refractivity contribution in [3.8, 4) is 5.69 Å². The summed E-state index contributed by atoms with van der Waals surface area (Å²) < 4.78 is 9.80. The Hall–Kier alpha value is -2.34. The summed E-state index contributed by atoms with van der Waals surface area (Å²) in [4.78, 5) is 12.0. The van der Waals surface area contributed by atoms with Crippen molar-refractivity contribution in [3.05, 3.63) is 52.5 Å². The maximum absolute atomic E-state index is 12.0. The van der Waals surface area contributed by atoms with Gasteiger partial charge in [-0.3, -0.25) is 5.73 Å². The molecule has 0 saturated carbocycles. The molecule has 0 aliphatic rings. The van der Waals surface area contributed by atoms with Crippen molar-refractivity contribution in [2.24, 2.45) is 0 Å². The van der Waals surface area contributed by atoms with Crippen LogP contribution in [0.5, 0.6) is 0 Å². The van der Waals surface area contributed by atoms with Crippen molar-refractivity contribution in [2.75, 3.05) is 12.3 Å². The summed E-state index contributed by atoms with van der Waals surface area (Å²) >= 11 is 3.68. The Bertz CT molecular complexity index is 963. The molecule has 3 rings (SSSR count). The van der Waals surface area contributed by atoms with Crippen LogP contribution in [0.3, 0.4) is 0 Å². The molecule has 6 heteroatoms. The summed E-state index contributed by atoms with van der Waals surface area (Å²) in [5.74, 6) is 0.617. The molecule has 2 aromatic carbocycles. The Morgan fingerprint density at radius 1 is 1.27 bits per heavy atom. The Kier molecular flexibility index (Phi) is 5.32. The third-order valence-corrected chi connectivity index (χ3v) is 5.03. The molecule has 0 aliphatic heterocycles. The highest BCUT2D eigenvalue weighted by atomic mass is 79.9. The first-order chi connectivity index (χ1) is 12.4. The van der Waals surface area contributed by atoms with Gasteiger partial charge in [0.05, 0.1) is 11.1 Å². The number of benzene rings is 2. The number of hydrogen-bond donors (Lipinski definition) is 1. The molecule has 26 heavy (non-hydrogen) atoms. The molecule has 0 bridgehead atoms. The van der Waals surface area contributed by atoms with Crippen LogP contribution in [0.15, 0.2) is 46.9 Å². The van der Waals surface area contributed by atoms with Crippen LogP contribution in [0.25, 0.3) is 16.7 Å². The first-order valence-corrected chi connectivity index (χ1v) is 9.47. The van der Waals surface area contributed by atoms with Gasteiger partial charge in [-0.2, -0.15) is 4.57 Å². The lowest BCUT2D eigenvalue weighted by Crippen LogP contribution is -2.41. The van der Waals surface area contributed by atoms with Crippen LogP contribution >= 0.6 is 15.9 Å². The zero-order valence-corrected chi connectivity index (χ0v) is 16.8. The number of carbonyl (C=O) groups excluding carboxylic acids is 1. The lowest BCUT2D eigenvalue weighted by atomic mass is 10.0. The Balaban J connectivity index is 2.18. The van der Waals surface area contributed by atoms with E-state index < -0.39 is 0 Å². The highest BCUT2D eigenvalue weighted by Crippen LogP contribution is 2.30. The van der Waals surface area contributed by atoms with E-state index in [-0.39, 0.29) is 12.5 Å². The van der Waals surface area contributed by atoms with Gasteiger partial charge < -0.3 is 4.74 Å². The van der Waals surface area contributed by atoms with Gasteiger partial charge >= 0.3 is 11.9 Å². The second-order valence-corrected chi connectivity index (χ2v) is 7.29. The van der Waals surface area contributed by atoms with E-state index in [2.05, 4.69) is 48.0 Å². The van der Waals surface area contributed by atoms with E-state index in [1.807, 2.05) is 28.8 Å². The quantitative estimate of drug-likeness (QED) is 0.505. The minimum absolute atomic E-state index is 0.0783. The van der Waals surface area contributed by atoms with E-state index in [0.717, 1.165) is 21.2 Å². The van der Waals surface area contributed by atoms with Gasteiger partial charge in [0.2, 0.25) is 0 Å². The topological polar surface area (TPSA) is 61.1 Å². The van der Waals surface area contributed by atoms with E-state index in [0.29, 0.717) is 18.5 Å². The molecular weight excluding hydrogens is 394 g/mol. The molecule has 0 atom stereocenters. The smallest absolute Gasteiger partial charge is 0.361 e. The Morgan fingerprint density at radius 2 is 2.00 bits per heavy atom. The fourth-order valence-electron chi connectivity index (χ4n) is 3.07. The lowest BCUT2D eigenvalue weighted by molar-refractivity contribution is -0.645. The molecule has 0 spiro atoms. The van der Waals surface area contributed by atoms with Crippen molar-refractivity contribution in [3.63, 3.8) is 0 Å². The number of ether oxygens (including phenoxy) is 1. The SMILES string of the molecule is CCOC(=O)C[n+]1c(N)n(-c2ccc(C(C)C)cc2Br)c2ccccc21. The fourth-order valence-corrected chi connectivity index (χ4v) is 3.64. The number of nitrogen functional groups attached to an aromatic ring is 1. The average molecular weight is 417 g/mol. The molecule has 1 aromatic heterocycles. The van der Waals surface area contributed by atoms with Crippen molar-refractivity contribution in [1.82, 2.24) is 4.57 Å². The largest absolute Gasteiger partial charge is 0.464 e. The van der Waals surface area contributed by atoms with Gasteiger partial charge in [-0.1, -0.05) is 32.0 Å². The van der Waals surface area contributed by atoms with Crippen molar-refractivity contribution >= 4 is 38.9 Å². The monoisotopic (exact) mass is 416 g/mol. The number of fused-ring (bicyclic) bond motifs is 1. The predicted molar refractivity (Wildman–Crippen MR) is 106 cm³/mol. The number of para-hydroxylation sites is 2. The maximum atomic E-state index is 12.0. The van der Waals surface area contributed by atoms with Crippen LogP contribution in [0.1, 0.15) is 32.3 Å². The molecule has 0 amide bonds. The van der Waals surface area contributed by atoms with E-state index in [4.69, 9.17) is 10.5 Å². The number of aromatic nitrogens is 2. The maximum Gasteiger partial charge on any atom is 0.361 e. The summed E-state index contributed by atoms with van der Waals surface area (Å²) in [5.41, 5.74) is 10.5. The number of imidazole rings is 1. The number of halogens is 1. The summed E-state index contributed by atoms with van der Waals surface area (Å²) in [6.45, 7) is 6.54. The number of esters is 1. The van der Waals surface area contributed by atoms with Crippen LogP contribution in [0.4, 0.5) is 5.95 Å². The van der Waals surface area contributed by atoms with Gasteiger partial charge in [0, 0.05) is 0 Å². The van der Waals surface area contributed by atoms with Crippen molar-refractivity contribution in [2.45, 2.75) is 33.2 Å². The normalized spacial score (nSPS) is 11.3. The number of nitrogens with two attached hydrogens (primary N) is 1. The zero-order chi connectivity index (χ0) is 18.8. The van der Waals surface area contributed by atoms with E-state index in [1.54, 1.807) is 11.5 Å². The van der Waals surface area contributed by atoms with Crippen LogP contribution in [0.2, 0.25) is 0 Å². The van der Waals surface area contributed by atoms with E-state index >= 15 is 0 Å². The number of anilines is 1. The van der Waals surface area contributed by atoms with Gasteiger partial charge in [-0.15, -0.1) is 0 Å². The molecule has 5 nitrogen and oxygen atoms in total. The molecule has 0 aliphatic carbocycles. The van der Waals surface area contributed by atoms with Gasteiger partial charge in [0.25, 0.3) is 0 Å². The predicted octanol–water partition coefficient (Wildman–Crippen LogP) is 3.95. The highest BCUT2D eigenvalue weighted by molar-refractivity contribution is 9.10.